The van der Waals surface area contributed by atoms with Crippen LogP contribution < -0.4 is 5.32 Å². The van der Waals surface area contributed by atoms with Crippen LogP contribution in [0.3, 0.4) is 0 Å². The number of hydrogen-bond donors (Lipinski definition) is 1. The van der Waals surface area contributed by atoms with Crippen molar-refractivity contribution in [1.82, 2.24) is 14.8 Å². The number of rotatable bonds is 7. The van der Waals surface area contributed by atoms with Gasteiger partial charge in [-0.25, -0.2) is 0 Å². The fourth-order valence-corrected chi connectivity index (χ4v) is 3.40. The molecule has 2 aromatic heterocycles. The Bertz CT molecular complexity index is 1130. The molecule has 0 aliphatic carbocycles. The van der Waals surface area contributed by atoms with Gasteiger partial charge in [0, 0.05) is 23.0 Å². The molecular formula is C23H24N4O2. The molecule has 2 heterocycles. The summed E-state index contributed by atoms with van der Waals surface area (Å²) in [5, 5.41) is 12.3. The van der Waals surface area contributed by atoms with Crippen LogP contribution in [0.25, 0.3) is 22.5 Å². The summed E-state index contributed by atoms with van der Waals surface area (Å²) in [6.07, 6.45) is 2.64. The van der Waals surface area contributed by atoms with Crippen LogP contribution in [0.15, 0.2) is 59.0 Å². The zero-order chi connectivity index (χ0) is 20.2. The number of benzene rings is 2. The Balaban J connectivity index is 1.63. The Morgan fingerprint density at radius 3 is 2.62 bits per heavy atom. The van der Waals surface area contributed by atoms with Crippen LogP contribution in [-0.4, -0.2) is 20.7 Å². The van der Waals surface area contributed by atoms with Crippen molar-refractivity contribution in [2.45, 2.75) is 39.7 Å². The van der Waals surface area contributed by atoms with Crippen molar-refractivity contribution in [1.29, 1.82) is 0 Å². The van der Waals surface area contributed by atoms with Gasteiger partial charge in [0.15, 0.2) is 0 Å². The van der Waals surface area contributed by atoms with Gasteiger partial charge in [-0.05, 0) is 42.7 Å². The lowest BCUT2D eigenvalue weighted by atomic mass is 10.1. The van der Waals surface area contributed by atoms with E-state index in [0.717, 1.165) is 41.5 Å². The lowest BCUT2D eigenvalue weighted by Gasteiger charge is -2.10. The second-order valence-electron chi connectivity index (χ2n) is 7.02. The van der Waals surface area contributed by atoms with Gasteiger partial charge >= 0.3 is 0 Å². The van der Waals surface area contributed by atoms with Gasteiger partial charge in [-0.3, -0.25) is 4.79 Å². The van der Waals surface area contributed by atoms with Gasteiger partial charge in [0.05, 0.1) is 0 Å². The lowest BCUT2D eigenvalue weighted by molar-refractivity contribution is -0.116. The highest BCUT2D eigenvalue weighted by atomic mass is 16.4. The highest BCUT2D eigenvalue weighted by Crippen LogP contribution is 2.28. The number of amides is 1. The van der Waals surface area contributed by atoms with Crippen LogP contribution >= 0.6 is 0 Å². The van der Waals surface area contributed by atoms with Gasteiger partial charge in [-0.15, -0.1) is 10.2 Å². The largest absolute Gasteiger partial charge is 0.419 e. The normalized spacial score (nSPS) is 11.1. The molecule has 0 radical (unpaired) electrons. The molecule has 1 N–H and O–H groups in total. The van der Waals surface area contributed by atoms with Crippen LogP contribution in [-0.2, 0) is 24.2 Å². The number of aryl methyl sites for hydroxylation is 2. The minimum absolute atomic E-state index is 0.106. The van der Waals surface area contributed by atoms with Crippen LogP contribution in [0, 0.1) is 0 Å². The van der Waals surface area contributed by atoms with Crippen molar-refractivity contribution in [2.24, 2.45) is 0 Å². The smallest absolute Gasteiger partial charge is 0.264 e. The molecule has 0 saturated carbocycles. The van der Waals surface area contributed by atoms with E-state index < -0.39 is 0 Å². The molecular weight excluding hydrogens is 364 g/mol. The predicted molar refractivity (Wildman–Crippen MR) is 114 cm³/mol. The minimum atomic E-state index is -0.106. The summed E-state index contributed by atoms with van der Waals surface area (Å²) in [6.45, 7) is 4.33. The van der Waals surface area contributed by atoms with E-state index in [0.29, 0.717) is 11.8 Å². The third kappa shape index (κ3) is 4.06. The highest BCUT2D eigenvalue weighted by Gasteiger charge is 2.18. The van der Waals surface area contributed by atoms with Crippen molar-refractivity contribution in [3.63, 3.8) is 0 Å². The second-order valence-corrected chi connectivity index (χ2v) is 7.02. The van der Waals surface area contributed by atoms with Gasteiger partial charge in [0.2, 0.25) is 11.8 Å². The van der Waals surface area contributed by atoms with Crippen molar-refractivity contribution in [3.8, 4) is 11.6 Å². The monoisotopic (exact) mass is 388 g/mol. The fourth-order valence-electron chi connectivity index (χ4n) is 3.40. The van der Waals surface area contributed by atoms with E-state index in [-0.39, 0.29) is 12.5 Å². The number of carbonyl (C=O) groups excluding carboxylic acids is 1. The molecule has 0 atom stereocenters. The summed E-state index contributed by atoms with van der Waals surface area (Å²) in [7, 11) is 0. The van der Waals surface area contributed by atoms with Crippen molar-refractivity contribution >= 4 is 22.5 Å². The maximum Gasteiger partial charge on any atom is 0.264 e. The Kier molecular flexibility index (Phi) is 5.42. The fraction of sp³-hybridized carbons (Fsp3) is 0.261. The van der Waals surface area contributed by atoms with Crippen LogP contribution in [0.1, 0.15) is 31.7 Å². The number of nitrogens with one attached hydrogen (secondary N) is 1. The van der Waals surface area contributed by atoms with Crippen molar-refractivity contribution in [2.75, 3.05) is 5.32 Å². The van der Waals surface area contributed by atoms with E-state index in [1.165, 1.54) is 5.56 Å². The summed E-state index contributed by atoms with van der Waals surface area (Å²) in [5.41, 5.74) is 3.72. The maximum atomic E-state index is 12.8. The summed E-state index contributed by atoms with van der Waals surface area (Å²) in [6, 6.07) is 17.8. The first-order valence-electron chi connectivity index (χ1n) is 9.97. The molecule has 0 bridgehead atoms. The molecule has 4 aromatic rings. The molecule has 4 rings (SSSR count). The third-order valence-electron chi connectivity index (χ3n) is 4.91. The molecule has 6 nitrogen and oxygen atoms in total. The Morgan fingerprint density at radius 1 is 1.07 bits per heavy atom. The average molecular weight is 388 g/mol. The van der Waals surface area contributed by atoms with Gasteiger partial charge in [0.25, 0.3) is 5.89 Å². The van der Waals surface area contributed by atoms with Crippen molar-refractivity contribution in [3.05, 3.63) is 66.1 Å². The summed E-state index contributed by atoms with van der Waals surface area (Å²) in [4.78, 5) is 12.8. The number of aromatic nitrogens is 3. The molecule has 0 aliphatic heterocycles. The lowest BCUT2D eigenvalue weighted by Crippen LogP contribution is -2.19. The van der Waals surface area contributed by atoms with E-state index in [2.05, 4.69) is 29.4 Å². The molecule has 2 aromatic carbocycles. The third-order valence-corrected chi connectivity index (χ3v) is 4.91. The molecule has 148 valence electrons. The molecule has 1 amide bonds. The molecule has 0 fully saturated rings. The van der Waals surface area contributed by atoms with Gasteiger partial charge < -0.3 is 14.3 Å². The van der Waals surface area contributed by atoms with E-state index in [1.54, 1.807) is 0 Å². The molecule has 0 saturated heterocycles. The van der Waals surface area contributed by atoms with E-state index >= 15 is 0 Å². The molecule has 0 unspecified atom stereocenters. The quantitative estimate of drug-likeness (QED) is 0.491. The summed E-state index contributed by atoms with van der Waals surface area (Å²) < 4.78 is 7.76. The van der Waals surface area contributed by atoms with Gasteiger partial charge in [-0.1, -0.05) is 44.2 Å². The summed E-state index contributed by atoms with van der Waals surface area (Å²) in [5.74, 6) is 0.940. The number of anilines is 1. The SMILES string of the molecule is CCCc1nnc(-c2cc3ccccc3n2CC(=O)Nc2ccc(CC)cc2)o1. The van der Waals surface area contributed by atoms with Gasteiger partial charge in [-0.2, -0.15) is 0 Å². The van der Waals surface area contributed by atoms with Crippen molar-refractivity contribution < 1.29 is 9.21 Å². The van der Waals surface area contributed by atoms with E-state index in [4.69, 9.17) is 4.42 Å². The van der Waals surface area contributed by atoms with E-state index in [1.807, 2.05) is 59.2 Å². The molecule has 0 aliphatic rings. The maximum absolute atomic E-state index is 12.8. The second kappa shape index (κ2) is 8.31. The van der Waals surface area contributed by atoms with Crippen LogP contribution in [0.4, 0.5) is 5.69 Å². The number of nitrogens with zero attached hydrogens (tertiary/aromatic N) is 3. The van der Waals surface area contributed by atoms with Gasteiger partial charge in [0.1, 0.15) is 12.2 Å². The Hall–Kier alpha value is -3.41. The van der Waals surface area contributed by atoms with Crippen LogP contribution in [0.2, 0.25) is 0 Å². The number of fused-ring (bicyclic) bond motifs is 1. The zero-order valence-electron chi connectivity index (χ0n) is 16.7. The number of para-hydroxylation sites is 1. The zero-order valence-corrected chi connectivity index (χ0v) is 16.7. The number of carbonyl (C=O) groups is 1. The molecule has 0 spiro atoms. The average Bonchev–Trinajstić information content (AvgIpc) is 3.34. The Morgan fingerprint density at radius 2 is 1.86 bits per heavy atom. The first kappa shape index (κ1) is 18.9. The first-order chi connectivity index (χ1) is 14.2. The van der Waals surface area contributed by atoms with E-state index in [9.17, 15) is 4.79 Å². The van der Waals surface area contributed by atoms with Crippen LogP contribution in [0.5, 0.6) is 0 Å². The topological polar surface area (TPSA) is 73.0 Å². The highest BCUT2D eigenvalue weighted by molar-refractivity contribution is 5.93. The first-order valence-corrected chi connectivity index (χ1v) is 9.97. The Labute approximate surface area is 169 Å². The number of hydrogen-bond acceptors (Lipinski definition) is 4. The molecule has 29 heavy (non-hydrogen) atoms. The molecule has 6 heteroatoms. The standard InChI is InChI=1S/C23H24N4O2/c1-3-7-22-25-26-23(29-22)20-14-17-8-5-6-9-19(17)27(20)15-21(28)24-18-12-10-16(4-2)11-13-18/h5-6,8-14H,3-4,7,15H2,1-2H3,(H,24,28). The predicted octanol–water partition coefficient (Wildman–Crippen LogP) is 4.84. The minimum Gasteiger partial charge on any atom is -0.419 e. The summed E-state index contributed by atoms with van der Waals surface area (Å²) >= 11 is 0.